The van der Waals surface area contributed by atoms with E-state index in [2.05, 4.69) is 44.5 Å². The van der Waals surface area contributed by atoms with E-state index in [1.54, 1.807) is 0 Å². The minimum Gasteiger partial charge on any atom is -0.481 e. The van der Waals surface area contributed by atoms with Crippen molar-refractivity contribution in [2.24, 2.45) is 0 Å². The molecule has 0 aliphatic rings. The van der Waals surface area contributed by atoms with E-state index in [9.17, 15) is 89.1 Å². The molecule has 28 heteroatoms. The smallest absolute Gasteiger partial charge is 0.327 e. The molecule has 0 saturated heterocycles. The standard InChI is InChI=1S/C35H60N6O21S/c42-13-16(44)10-21(45)22(46)11-36-25(49)7-4-17(38-27(51)2-1-3-28(52)53)32(58)40-19(6-9-29(54)55)33(59)39-18(34(60)41-20(15-63)35(61)62)5-8-26(50)37-12-23(47)30(56)31(57)24(48)14-43/h16-24,30-31,42-48,56-57,63H,1-15H2,(H,36,49)(H,37,50)(H,38,51)(H,39,59)(H,40,58)(H,41,60)(H,52,53)(H,54,55)(H,61,62). The predicted octanol–water partition coefficient (Wildman–Crippen LogP) is -8.25. The van der Waals surface area contributed by atoms with Crippen molar-refractivity contribution >= 4 is 66.0 Å². The molecule has 0 aromatic heterocycles. The van der Waals surface area contributed by atoms with Crippen LogP contribution in [-0.2, 0) is 43.2 Å². The third-order valence-corrected chi connectivity index (χ3v) is 9.35. The number of thiol groups is 1. The molecule has 0 aliphatic heterocycles. The van der Waals surface area contributed by atoms with Gasteiger partial charge in [-0.25, -0.2) is 4.79 Å². The van der Waals surface area contributed by atoms with Gasteiger partial charge in [0.2, 0.25) is 35.4 Å². The second-order valence-corrected chi connectivity index (χ2v) is 14.6. The molecular weight excluding hydrogens is 872 g/mol. The number of carbonyl (C=O) groups excluding carboxylic acids is 6. The molecule has 63 heavy (non-hydrogen) atoms. The molecule has 0 spiro atoms. The molecule has 0 rings (SSSR count). The first-order valence-electron chi connectivity index (χ1n) is 19.5. The van der Waals surface area contributed by atoms with Crippen LogP contribution >= 0.6 is 12.6 Å². The van der Waals surface area contributed by atoms with Crippen LogP contribution in [0.4, 0.5) is 0 Å². The molecule has 27 nitrogen and oxygen atoms in total. The number of carbonyl (C=O) groups is 9. The van der Waals surface area contributed by atoms with Gasteiger partial charge in [-0.2, -0.15) is 12.6 Å². The highest BCUT2D eigenvalue weighted by atomic mass is 32.1. The number of aliphatic carboxylic acids is 3. The first kappa shape index (κ1) is 58.2. The van der Waals surface area contributed by atoms with E-state index in [1.165, 1.54) is 0 Å². The SMILES string of the molecule is O=C(O)CCCC(=O)NC(CCC(=O)NCC(O)C(O)CC(O)CO)C(=O)NC(CCC(=O)O)C(=O)NC(CCC(=O)NCC(O)C(O)C(O)C(O)CO)C(=O)NC(CS)C(=O)O. The number of carboxylic acid groups (broad SMARTS) is 3. The molecule has 0 radical (unpaired) electrons. The van der Waals surface area contributed by atoms with Crippen LogP contribution in [0.2, 0.25) is 0 Å². The van der Waals surface area contributed by atoms with Gasteiger partial charge in [0.15, 0.2) is 0 Å². The summed E-state index contributed by atoms with van der Waals surface area (Å²) in [6.45, 7) is -2.98. The van der Waals surface area contributed by atoms with Crippen molar-refractivity contribution in [3.05, 3.63) is 0 Å². The number of nitrogens with one attached hydrogen (secondary N) is 6. The maximum atomic E-state index is 13.6. The Balaban J connectivity index is 6.28. The van der Waals surface area contributed by atoms with Crippen molar-refractivity contribution in [3.8, 4) is 0 Å². The predicted molar refractivity (Wildman–Crippen MR) is 213 cm³/mol. The lowest BCUT2D eigenvalue weighted by molar-refractivity contribution is -0.142. The fourth-order valence-electron chi connectivity index (χ4n) is 5.24. The van der Waals surface area contributed by atoms with Gasteiger partial charge in [-0.3, -0.25) is 38.4 Å². The van der Waals surface area contributed by atoms with Crippen LogP contribution in [0.5, 0.6) is 0 Å². The topological polar surface area (TPSA) is 469 Å². The van der Waals surface area contributed by atoms with Gasteiger partial charge in [-0.15, -0.1) is 0 Å². The van der Waals surface area contributed by atoms with Crippen LogP contribution in [0, 0.1) is 0 Å². The van der Waals surface area contributed by atoms with Crippen molar-refractivity contribution < 1.29 is 104 Å². The highest BCUT2D eigenvalue weighted by molar-refractivity contribution is 7.80. The van der Waals surface area contributed by atoms with Crippen LogP contribution in [0.25, 0.3) is 0 Å². The van der Waals surface area contributed by atoms with Gasteiger partial charge in [0.25, 0.3) is 0 Å². The number of amides is 6. The summed E-state index contributed by atoms with van der Waals surface area (Å²) in [6.07, 6.45) is -17.6. The summed E-state index contributed by atoms with van der Waals surface area (Å²) in [4.78, 5) is 113. The summed E-state index contributed by atoms with van der Waals surface area (Å²) in [7, 11) is 0. The molecule has 0 bridgehead atoms. The first-order chi connectivity index (χ1) is 29.5. The van der Waals surface area contributed by atoms with Crippen molar-refractivity contribution in [3.63, 3.8) is 0 Å². The van der Waals surface area contributed by atoms with Crippen LogP contribution in [0.1, 0.15) is 64.2 Å². The summed E-state index contributed by atoms with van der Waals surface area (Å²) >= 11 is 3.85. The Morgan fingerprint density at radius 1 is 0.460 bits per heavy atom. The number of aliphatic hydroxyl groups is 9. The van der Waals surface area contributed by atoms with Crippen molar-refractivity contribution in [1.29, 1.82) is 0 Å². The molecule has 0 aromatic carbocycles. The molecular formula is C35H60N6O21S. The average molecular weight is 933 g/mol. The minimum atomic E-state index is -2.04. The number of hydrogen-bond donors (Lipinski definition) is 19. The minimum absolute atomic E-state index is 0.178. The summed E-state index contributed by atoms with van der Waals surface area (Å²) in [6, 6.07) is -6.92. The van der Waals surface area contributed by atoms with Crippen LogP contribution in [0.15, 0.2) is 0 Å². The maximum Gasteiger partial charge on any atom is 0.327 e. The Hall–Kier alpha value is -4.78. The zero-order valence-electron chi connectivity index (χ0n) is 33.9. The van der Waals surface area contributed by atoms with Crippen molar-refractivity contribution in [2.45, 2.75) is 131 Å². The number of aliphatic hydroxyl groups excluding tert-OH is 9. The molecule has 0 aliphatic carbocycles. The van der Waals surface area contributed by atoms with E-state index >= 15 is 0 Å². The quantitative estimate of drug-likeness (QED) is 0.0266. The van der Waals surface area contributed by atoms with Gasteiger partial charge in [-0.1, -0.05) is 0 Å². The average Bonchev–Trinajstić information content (AvgIpc) is 3.23. The second-order valence-electron chi connectivity index (χ2n) is 14.2. The molecule has 0 fully saturated rings. The molecule has 0 heterocycles. The Morgan fingerprint density at radius 2 is 0.889 bits per heavy atom. The van der Waals surface area contributed by atoms with Gasteiger partial charge >= 0.3 is 17.9 Å². The van der Waals surface area contributed by atoms with E-state index in [4.69, 9.17) is 15.3 Å². The van der Waals surface area contributed by atoms with E-state index in [1.807, 2.05) is 0 Å². The zero-order valence-corrected chi connectivity index (χ0v) is 34.8. The molecule has 11 atom stereocenters. The molecule has 362 valence electrons. The maximum absolute atomic E-state index is 13.6. The largest absolute Gasteiger partial charge is 0.481 e. The second kappa shape index (κ2) is 31.1. The molecule has 11 unspecified atom stereocenters. The number of rotatable bonds is 34. The Kier molecular flexibility index (Phi) is 28.8. The lowest BCUT2D eigenvalue weighted by Crippen LogP contribution is -2.58. The van der Waals surface area contributed by atoms with Gasteiger partial charge in [0, 0.05) is 57.4 Å². The third kappa shape index (κ3) is 24.6. The fraction of sp³-hybridized carbons (Fsp3) is 0.743. The van der Waals surface area contributed by atoms with Crippen molar-refractivity contribution in [1.82, 2.24) is 31.9 Å². The van der Waals surface area contributed by atoms with Crippen LogP contribution < -0.4 is 31.9 Å². The Bertz CT molecular complexity index is 1510. The van der Waals surface area contributed by atoms with Crippen LogP contribution in [0.3, 0.4) is 0 Å². The number of hydrogen-bond acceptors (Lipinski definition) is 19. The normalized spacial score (nSPS) is 16.5. The van der Waals surface area contributed by atoms with E-state index in [0.717, 1.165) is 0 Å². The molecule has 18 N–H and O–H groups in total. The highest BCUT2D eigenvalue weighted by Gasteiger charge is 2.33. The van der Waals surface area contributed by atoms with Crippen molar-refractivity contribution in [2.75, 3.05) is 32.1 Å². The van der Waals surface area contributed by atoms with E-state index in [-0.39, 0.29) is 6.42 Å². The lowest BCUT2D eigenvalue weighted by atomic mass is 10.0. The van der Waals surface area contributed by atoms with E-state index in [0.29, 0.717) is 0 Å². The third-order valence-electron chi connectivity index (χ3n) is 8.99. The van der Waals surface area contributed by atoms with Crippen LogP contribution in [-0.4, -0.2) is 214 Å². The summed E-state index contributed by atoms with van der Waals surface area (Å²) in [5, 5.41) is 128. The number of carboxylic acids is 3. The Morgan fingerprint density at radius 3 is 1.32 bits per heavy atom. The summed E-state index contributed by atoms with van der Waals surface area (Å²) in [5.74, 6) is -11.0. The molecule has 6 amide bonds. The molecule has 0 aromatic rings. The fourth-order valence-corrected chi connectivity index (χ4v) is 5.49. The van der Waals surface area contributed by atoms with Gasteiger partial charge in [0.05, 0.1) is 37.6 Å². The van der Waals surface area contributed by atoms with E-state index < -0.39 is 210 Å². The van der Waals surface area contributed by atoms with Gasteiger partial charge in [-0.05, 0) is 25.7 Å². The van der Waals surface area contributed by atoms with Gasteiger partial charge in [0.1, 0.15) is 42.5 Å². The summed E-state index contributed by atoms with van der Waals surface area (Å²) in [5.41, 5.74) is 0. The zero-order chi connectivity index (χ0) is 48.4. The lowest BCUT2D eigenvalue weighted by Gasteiger charge is -2.26. The highest BCUT2D eigenvalue weighted by Crippen LogP contribution is 2.09. The summed E-state index contributed by atoms with van der Waals surface area (Å²) < 4.78 is 0. The monoisotopic (exact) mass is 932 g/mol. The van der Waals surface area contributed by atoms with Gasteiger partial charge < -0.3 is 93.2 Å². The first-order valence-corrected chi connectivity index (χ1v) is 20.1. The Labute approximate surface area is 365 Å². The molecule has 0 saturated carbocycles.